The van der Waals surface area contributed by atoms with Crippen molar-refractivity contribution in [3.05, 3.63) is 35.4 Å². The van der Waals surface area contributed by atoms with Gasteiger partial charge in [-0.1, -0.05) is 31.2 Å². The Labute approximate surface area is 161 Å². The molecule has 4 rings (SSSR count). The summed E-state index contributed by atoms with van der Waals surface area (Å²) in [6.45, 7) is 4.01. The van der Waals surface area contributed by atoms with Crippen LogP contribution in [0.15, 0.2) is 24.3 Å². The van der Waals surface area contributed by atoms with E-state index in [1.54, 1.807) is 0 Å². The fraction of sp³-hybridized carbons (Fsp3) is 0.636. The molecule has 3 atom stereocenters. The van der Waals surface area contributed by atoms with Crippen LogP contribution in [0.2, 0.25) is 0 Å². The van der Waals surface area contributed by atoms with E-state index < -0.39 is 6.09 Å². The highest BCUT2D eigenvalue weighted by atomic mass is 16.5. The van der Waals surface area contributed by atoms with E-state index in [0.717, 1.165) is 31.8 Å². The van der Waals surface area contributed by atoms with Crippen molar-refractivity contribution in [1.82, 2.24) is 10.2 Å². The van der Waals surface area contributed by atoms with E-state index in [2.05, 4.69) is 34.3 Å². The third-order valence-corrected chi connectivity index (χ3v) is 6.84. The van der Waals surface area contributed by atoms with Crippen molar-refractivity contribution in [3.8, 4) is 0 Å². The second-order valence-corrected chi connectivity index (χ2v) is 8.47. The van der Waals surface area contributed by atoms with Crippen LogP contribution in [0.1, 0.15) is 56.1 Å². The maximum atomic E-state index is 12.9. The molecule has 1 aliphatic heterocycles. The quantitative estimate of drug-likeness (QED) is 0.834. The van der Waals surface area contributed by atoms with Crippen LogP contribution >= 0.6 is 0 Å². The standard InChI is InChI=1S/C22H30N2O3/c1-3-15(13-23-21(26)27-2)20(25)24-10-9-22(12-19(22)14-24)18-6-4-5-17(11-18)16-7-8-16/h4-6,11,15-16,19H,3,7-10,12-14H2,1-2H3,(H,23,26). The molecule has 0 aromatic heterocycles. The molecule has 1 heterocycles. The Kier molecular flexibility index (Phi) is 4.87. The zero-order chi connectivity index (χ0) is 19.0. The Morgan fingerprint density at radius 1 is 1.37 bits per heavy atom. The number of likely N-dealkylation sites (tertiary alicyclic amines) is 1. The molecule has 0 spiro atoms. The van der Waals surface area contributed by atoms with E-state index in [4.69, 9.17) is 0 Å². The van der Waals surface area contributed by atoms with E-state index in [-0.39, 0.29) is 11.8 Å². The number of carbonyl (C=O) groups is 2. The molecule has 3 unspecified atom stereocenters. The number of piperidine rings is 1. The summed E-state index contributed by atoms with van der Waals surface area (Å²) in [5.41, 5.74) is 3.29. The number of nitrogens with zero attached hydrogens (tertiary/aromatic N) is 1. The lowest BCUT2D eigenvalue weighted by molar-refractivity contribution is -0.136. The van der Waals surface area contributed by atoms with Gasteiger partial charge in [0.25, 0.3) is 0 Å². The molecule has 5 heteroatoms. The largest absolute Gasteiger partial charge is 0.453 e. The number of benzene rings is 1. The van der Waals surface area contributed by atoms with Crippen LogP contribution in [0, 0.1) is 11.8 Å². The van der Waals surface area contributed by atoms with Crippen LogP contribution < -0.4 is 5.32 Å². The maximum Gasteiger partial charge on any atom is 0.406 e. The van der Waals surface area contributed by atoms with Crippen molar-refractivity contribution in [2.24, 2.45) is 11.8 Å². The average molecular weight is 370 g/mol. The van der Waals surface area contributed by atoms with Gasteiger partial charge in [0.15, 0.2) is 0 Å². The Morgan fingerprint density at radius 2 is 2.19 bits per heavy atom. The fourth-order valence-electron chi connectivity index (χ4n) is 4.78. The van der Waals surface area contributed by atoms with Crippen LogP contribution in [0.5, 0.6) is 0 Å². The van der Waals surface area contributed by atoms with Gasteiger partial charge in [-0.05, 0) is 55.1 Å². The summed E-state index contributed by atoms with van der Waals surface area (Å²) in [6.07, 6.45) is 5.16. The monoisotopic (exact) mass is 370 g/mol. The zero-order valence-corrected chi connectivity index (χ0v) is 16.4. The highest BCUT2D eigenvalue weighted by Crippen LogP contribution is 2.59. The number of amides is 2. The van der Waals surface area contributed by atoms with Crippen molar-refractivity contribution in [2.75, 3.05) is 26.7 Å². The van der Waals surface area contributed by atoms with E-state index in [1.165, 1.54) is 37.5 Å². The zero-order valence-electron chi connectivity index (χ0n) is 16.4. The maximum absolute atomic E-state index is 12.9. The molecule has 1 aromatic rings. The van der Waals surface area contributed by atoms with E-state index in [9.17, 15) is 9.59 Å². The Balaban J connectivity index is 1.38. The van der Waals surface area contributed by atoms with Gasteiger partial charge in [-0.15, -0.1) is 0 Å². The second kappa shape index (κ2) is 7.17. The predicted octanol–water partition coefficient (Wildman–Crippen LogP) is 3.44. The van der Waals surface area contributed by atoms with Gasteiger partial charge in [0.1, 0.15) is 0 Å². The molecule has 0 radical (unpaired) electrons. The first-order valence-electron chi connectivity index (χ1n) is 10.3. The highest BCUT2D eigenvalue weighted by Gasteiger charge is 2.58. The molecule has 2 amide bonds. The fourth-order valence-corrected chi connectivity index (χ4v) is 4.78. The predicted molar refractivity (Wildman–Crippen MR) is 104 cm³/mol. The molecule has 5 nitrogen and oxygen atoms in total. The van der Waals surface area contributed by atoms with Crippen LogP contribution in [0.3, 0.4) is 0 Å². The molecular formula is C22H30N2O3. The number of hydrogen-bond acceptors (Lipinski definition) is 3. The third kappa shape index (κ3) is 3.56. The lowest BCUT2D eigenvalue weighted by atomic mass is 9.85. The highest BCUT2D eigenvalue weighted by molar-refractivity contribution is 5.80. The SMILES string of the molecule is CCC(CNC(=O)OC)C(=O)N1CCC2(c3cccc(C4CC4)c3)CC2C1. The molecule has 1 aromatic carbocycles. The van der Waals surface area contributed by atoms with Gasteiger partial charge < -0.3 is 15.0 Å². The summed E-state index contributed by atoms with van der Waals surface area (Å²) < 4.78 is 4.61. The summed E-state index contributed by atoms with van der Waals surface area (Å²) in [5.74, 6) is 1.36. The molecule has 146 valence electrons. The summed E-state index contributed by atoms with van der Waals surface area (Å²) >= 11 is 0. The van der Waals surface area contributed by atoms with Gasteiger partial charge in [-0.3, -0.25) is 4.79 Å². The first kappa shape index (κ1) is 18.3. The molecule has 27 heavy (non-hydrogen) atoms. The van der Waals surface area contributed by atoms with Crippen LogP contribution in [-0.2, 0) is 14.9 Å². The number of nitrogens with one attached hydrogen (secondary N) is 1. The summed E-state index contributed by atoms with van der Waals surface area (Å²) in [4.78, 5) is 26.3. The van der Waals surface area contributed by atoms with Gasteiger partial charge >= 0.3 is 6.09 Å². The second-order valence-electron chi connectivity index (χ2n) is 8.47. The minimum absolute atomic E-state index is 0.168. The summed E-state index contributed by atoms with van der Waals surface area (Å²) in [5, 5.41) is 2.67. The van der Waals surface area contributed by atoms with Crippen molar-refractivity contribution in [1.29, 1.82) is 0 Å². The van der Waals surface area contributed by atoms with Crippen LogP contribution in [-0.4, -0.2) is 43.6 Å². The van der Waals surface area contributed by atoms with Gasteiger partial charge in [-0.2, -0.15) is 0 Å². The lowest BCUT2D eigenvalue weighted by Gasteiger charge is -2.34. The van der Waals surface area contributed by atoms with E-state index in [1.807, 2.05) is 11.8 Å². The Bertz CT molecular complexity index is 730. The molecule has 2 aliphatic carbocycles. The minimum atomic E-state index is -0.475. The van der Waals surface area contributed by atoms with Gasteiger partial charge in [0, 0.05) is 25.0 Å². The number of hydrogen-bond donors (Lipinski definition) is 1. The number of ether oxygens (including phenoxy) is 1. The summed E-state index contributed by atoms with van der Waals surface area (Å²) in [6, 6.07) is 9.22. The van der Waals surface area contributed by atoms with E-state index >= 15 is 0 Å². The molecule has 3 aliphatic rings. The normalized spacial score (nSPS) is 27.5. The third-order valence-electron chi connectivity index (χ3n) is 6.84. The van der Waals surface area contributed by atoms with E-state index in [0.29, 0.717) is 17.9 Å². The molecule has 3 fully saturated rings. The average Bonchev–Trinajstić information content (AvgIpc) is 3.61. The van der Waals surface area contributed by atoms with Gasteiger partial charge in [-0.25, -0.2) is 4.79 Å². The molecule has 1 saturated heterocycles. The van der Waals surface area contributed by atoms with Crippen molar-refractivity contribution >= 4 is 12.0 Å². The topological polar surface area (TPSA) is 58.6 Å². The van der Waals surface area contributed by atoms with Crippen LogP contribution in [0.25, 0.3) is 0 Å². The van der Waals surface area contributed by atoms with Gasteiger partial charge in [0.05, 0.1) is 13.0 Å². The minimum Gasteiger partial charge on any atom is -0.453 e. The lowest BCUT2D eigenvalue weighted by Crippen LogP contribution is -2.46. The van der Waals surface area contributed by atoms with Crippen molar-refractivity contribution < 1.29 is 14.3 Å². The number of methoxy groups -OCH3 is 1. The van der Waals surface area contributed by atoms with Crippen LogP contribution in [0.4, 0.5) is 4.79 Å². The first-order chi connectivity index (χ1) is 13.1. The van der Waals surface area contributed by atoms with Crippen molar-refractivity contribution in [2.45, 2.75) is 50.4 Å². The molecule has 2 saturated carbocycles. The molecule has 1 N–H and O–H groups in total. The van der Waals surface area contributed by atoms with Crippen molar-refractivity contribution in [3.63, 3.8) is 0 Å². The van der Waals surface area contributed by atoms with Gasteiger partial charge in [0.2, 0.25) is 5.91 Å². The summed E-state index contributed by atoms with van der Waals surface area (Å²) in [7, 11) is 1.34. The number of alkyl carbamates (subject to hydrolysis) is 1. The molecule has 0 bridgehead atoms. The molecular weight excluding hydrogens is 340 g/mol. The first-order valence-corrected chi connectivity index (χ1v) is 10.3. The smallest absolute Gasteiger partial charge is 0.406 e. The number of rotatable bonds is 6. The Morgan fingerprint density at radius 3 is 2.85 bits per heavy atom. The number of fused-ring (bicyclic) bond motifs is 1. The Hall–Kier alpha value is -2.04. The number of carbonyl (C=O) groups excluding carboxylic acids is 2.